The minimum atomic E-state index is -0.766. The number of hydroxylamine groups is 2. The van der Waals surface area contributed by atoms with E-state index in [-0.39, 0.29) is 6.04 Å². The van der Waals surface area contributed by atoms with Gasteiger partial charge in [-0.3, -0.25) is 9.63 Å². The maximum Gasteiger partial charge on any atom is 0.311 e. The van der Waals surface area contributed by atoms with Gasteiger partial charge >= 0.3 is 5.97 Å². The highest BCUT2D eigenvalue weighted by atomic mass is 16.7. The fraction of sp³-hybridized carbons (Fsp3) is 0.471. The summed E-state index contributed by atoms with van der Waals surface area (Å²) >= 11 is 0. The van der Waals surface area contributed by atoms with Gasteiger partial charge in [0.05, 0.1) is 11.7 Å². The zero-order valence-electron chi connectivity index (χ0n) is 12.8. The molecule has 0 spiro atoms. The van der Waals surface area contributed by atoms with Crippen LogP contribution in [0.15, 0.2) is 24.3 Å². The van der Waals surface area contributed by atoms with E-state index in [1.807, 2.05) is 31.2 Å². The third-order valence-corrected chi connectivity index (χ3v) is 5.18. The van der Waals surface area contributed by atoms with Gasteiger partial charge in [-0.05, 0) is 24.5 Å². The average molecular weight is 300 g/mol. The molecule has 3 heterocycles. The van der Waals surface area contributed by atoms with Gasteiger partial charge in [-0.15, -0.1) is 0 Å². The van der Waals surface area contributed by atoms with Crippen LogP contribution >= 0.6 is 0 Å². The lowest BCUT2D eigenvalue weighted by Gasteiger charge is -2.23. The molecule has 1 aromatic heterocycles. The fourth-order valence-corrected chi connectivity index (χ4v) is 4.20. The van der Waals surface area contributed by atoms with E-state index in [0.29, 0.717) is 0 Å². The second kappa shape index (κ2) is 4.83. The van der Waals surface area contributed by atoms with Gasteiger partial charge in [0.15, 0.2) is 0 Å². The highest BCUT2D eigenvalue weighted by Crippen LogP contribution is 2.45. The van der Waals surface area contributed by atoms with E-state index < -0.39 is 18.0 Å². The summed E-state index contributed by atoms with van der Waals surface area (Å²) in [5.74, 6) is -1.27. The van der Waals surface area contributed by atoms with Crippen molar-refractivity contribution in [2.24, 2.45) is 13.0 Å². The standard InChI is InChI=1S/C17H20N2O3/c1-3-12-14(17(20)21)16-15-11(8-9-19(12)22-16)10-6-4-5-7-13(10)18(15)2/h4-7,12,14,16H,3,8-9H2,1-2H3,(H,20,21)/t12-,14+,16-/m1/s1. The van der Waals surface area contributed by atoms with Crippen LogP contribution in [-0.2, 0) is 23.1 Å². The van der Waals surface area contributed by atoms with Crippen LogP contribution in [0, 0.1) is 5.92 Å². The number of benzene rings is 1. The number of rotatable bonds is 2. The molecule has 0 radical (unpaired) electrons. The van der Waals surface area contributed by atoms with Gasteiger partial charge < -0.3 is 9.67 Å². The molecule has 0 saturated carbocycles. The second-order valence-electron chi connectivity index (χ2n) is 6.20. The van der Waals surface area contributed by atoms with Gasteiger partial charge in [0.2, 0.25) is 0 Å². The van der Waals surface area contributed by atoms with Crippen LogP contribution in [0.1, 0.15) is 30.7 Å². The molecule has 22 heavy (non-hydrogen) atoms. The minimum absolute atomic E-state index is 0.0475. The number of fused-ring (bicyclic) bond motifs is 6. The summed E-state index contributed by atoms with van der Waals surface area (Å²) in [7, 11) is 2.01. The molecule has 1 saturated heterocycles. The first-order valence-corrected chi connectivity index (χ1v) is 7.86. The number of hydrogen-bond acceptors (Lipinski definition) is 3. The molecule has 1 aromatic carbocycles. The maximum atomic E-state index is 11.8. The van der Waals surface area contributed by atoms with Crippen molar-refractivity contribution in [3.8, 4) is 0 Å². The molecule has 2 bridgehead atoms. The van der Waals surface area contributed by atoms with Crippen LogP contribution in [0.4, 0.5) is 0 Å². The van der Waals surface area contributed by atoms with Crippen molar-refractivity contribution in [1.82, 2.24) is 9.63 Å². The Morgan fingerprint density at radius 1 is 1.41 bits per heavy atom. The number of hydrogen-bond donors (Lipinski definition) is 1. The molecule has 2 aromatic rings. The summed E-state index contributed by atoms with van der Waals surface area (Å²) in [5, 5.41) is 12.8. The van der Waals surface area contributed by atoms with E-state index in [2.05, 4.69) is 16.7 Å². The Hall–Kier alpha value is -1.85. The zero-order chi connectivity index (χ0) is 15.4. The quantitative estimate of drug-likeness (QED) is 0.926. The highest BCUT2D eigenvalue weighted by molar-refractivity contribution is 5.86. The van der Waals surface area contributed by atoms with Crippen molar-refractivity contribution in [3.05, 3.63) is 35.5 Å². The molecular formula is C17H20N2O3. The smallest absolute Gasteiger partial charge is 0.311 e. The van der Waals surface area contributed by atoms with Crippen molar-refractivity contribution >= 4 is 16.9 Å². The van der Waals surface area contributed by atoms with E-state index in [0.717, 1.165) is 30.6 Å². The minimum Gasteiger partial charge on any atom is -0.481 e. The Morgan fingerprint density at radius 2 is 2.18 bits per heavy atom. The normalized spacial score (nSPS) is 30.3. The number of para-hydroxylation sites is 1. The summed E-state index contributed by atoms with van der Waals surface area (Å²) in [6.45, 7) is 2.78. The molecule has 5 nitrogen and oxygen atoms in total. The summed E-state index contributed by atoms with van der Waals surface area (Å²) in [4.78, 5) is 17.9. The SMILES string of the molecule is CC[C@@H]1[C@H](C(=O)O)[C@H]2ON1CCc1c2n(C)c2ccccc12. The lowest BCUT2D eigenvalue weighted by atomic mass is 9.87. The molecule has 116 valence electrons. The molecular weight excluding hydrogens is 280 g/mol. The predicted octanol–water partition coefficient (Wildman–Crippen LogP) is 2.50. The average Bonchev–Trinajstić information content (AvgIpc) is 2.91. The summed E-state index contributed by atoms with van der Waals surface area (Å²) < 4.78 is 2.12. The number of carbonyl (C=O) groups is 1. The van der Waals surface area contributed by atoms with Gasteiger partial charge in [0.25, 0.3) is 0 Å². The monoisotopic (exact) mass is 300 g/mol. The van der Waals surface area contributed by atoms with Gasteiger partial charge in [0.1, 0.15) is 12.0 Å². The van der Waals surface area contributed by atoms with Crippen LogP contribution in [0.5, 0.6) is 0 Å². The zero-order valence-corrected chi connectivity index (χ0v) is 12.8. The molecule has 4 atom stereocenters. The topological polar surface area (TPSA) is 54.7 Å². The molecule has 2 aliphatic heterocycles. The van der Waals surface area contributed by atoms with Crippen LogP contribution in [0.25, 0.3) is 10.9 Å². The van der Waals surface area contributed by atoms with Gasteiger partial charge in [-0.1, -0.05) is 25.1 Å². The first-order chi connectivity index (χ1) is 10.6. The third kappa shape index (κ3) is 1.69. The molecule has 1 N–H and O–H groups in total. The summed E-state index contributed by atoms with van der Waals surface area (Å²) in [6.07, 6.45) is 1.29. The second-order valence-corrected chi connectivity index (χ2v) is 6.20. The number of aliphatic carboxylic acids is 1. The molecule has 0 amide bonds. The van der Waals surface area contributed by atoms with Gasteiger partial charge in [-0.25, -0.2) is 0 Å². The number of nitrogens with zero attached hydrogens (tertiary/aromatic N) is 2. The number of aryl methyl sites for hydroxylation is 1. The van der Waals surface area contributed by atoms with E-state index in [1.54, 1.807) is 0 Å². The van der Waals surface area contributed by atoms with Crippen LogP contribution in [0.2, 0.25) is 0 Å². The fourth-order valence-electron chi connectivity index (χ4n) is 4.20. The first-order valence-electron chi connectivity index (χ1n) is 7.86. The van der Waals surface area contributed by atoms with Crippen molar-refractivity contribution in [2.45, 2.75) is 31.9 Å². The Labute approximate surface area is 129 Å². The molecule has 1 unspecified atom stereocenters. The summed E-state index contributed by atoms with van der Waals surface area (Å²) in [5.41, 5.74) is 3.42. The van der Waals surface area contributed by atoms with E-state index in [4.69, 9.17) is 4.84 Å². The third-order valence-electron chi connectivity index (χ3n) is 5.18. The first kappa shape index (κ1) is 13.8. The molecule has 1 fully saturated rings. The van der Waals surface area contributed by atoms with E-state index in [1.165, 1.54) is 10.9 Å². The number of aromatic nitrogens is 1. The Kier molecular flexibility index (Phi) is 3.03. The molecule has 2 aliphatic rings. The maximum absolute atomic E-state index is 11.8. The number of carboxylic acids is 1. The highest BCUT2D eigenvalue weighted by Gasteiger charge is 2.50. The Morgan fingerprint density at radius 3 is 2.91 bits per heavy atom. The van der Waals surface area contributed by atoms with Crippen molar-refractivity contribution in [1.29, 1.82) is 0 Å². The molecule has 0 aliphatic carbocycles. The Bertz CT molecular complexity index is 752. The van der Waals surface area contributed by atoms with Crippen LogP contribution in [0.3, 0.4) is 0 Å². The largest absolute Gasteiger partial charge is 0.481 e. The van der Waals surface area contributed by atoms with Crippen molar-refractivity contribution in [2.75, 3.05) is 6.54 Å². The van der Waals surface area contributed by atoms with Crippen molar-refractivity contribution in [3.63, 3.8) is 0 Å². The molecule has 4 rings (SSSR count). The van der Waals surface area contributed by atoms with Gasteiger partial charge in [0, 0.05) is 24.5 Å². The van der Waals surface area contributed by atoms with Crippen molar-refractivity contribution < 1.29 is 14.7 Å². The lowest BCUT2D eigenvalue weighted by Crippen LogP contribution is -2.37. The molecule has 5 heteroatoms. The Balaban J connectivity index is 1.94. The summed E-state index contributed by atoms with van der Waals surface area (Å²) in [6, 6.07) is 8.22. The predicted molar refractivity (Wildman–Crippen MR) is 82.4 cm³/mol. The van der Waals surface area contributed by atoms with Gasteiger partial charge in [-0.2, -0.15) is 5.06 Å². The lowest BCUT2D eigenvalue weighted by molar-refractivity contribution is -0.162. The van der Waals surface area contributed by atoms with E-state index in [9.17, 15) is 9.90 Å². The number of carboxylic acid groups (broad SMARTS) is 1. The van der Waals surface area contributed by atoms with E-state index >= 15 is 0 Å². The van der Waals surface area contributed by atoms with Crippen LogP contribution in [-0.4, -0.2) is 33.3 Å². The van der Waals surface area contributed by atoms with Crippen LogP contribution < -0.4 is 0 Å².